The molecule has 3 aromatic rings. The van der Waals surface area contributed by atoms with Gasteiger partial charge < -0.3 is 19.5 Å². The number of carbonyl (C=O) groups excluding carboxylic acids is 2. The highest BCUT2D eigenvalue weighted by Gasteiger charge is 2.20. The Bertz CT molecular complexity index is 1010. The van der Waals surface area contributed by atoms with E-state index in [1.165, 1.54) is 0 Å². The van der Waals surface area contributed by atoms with Gasteiger partial charge in [0.25, 0.3) is 5.91 Å². The molecule has 2 aromatic heterocycles. The number of nitrogens with zero attached hydrogens (tertiary/aromatic N) is 4. The number of hydrogen-bond acceptors (Lipinski definition) is 5. The van der Waals surface area contributed by atoms with Crippen LogP contribution in [0.5, 0.6) is 0 Å². The molecule has 1 aromatic carbocycles. The predicted octanol–water partition coefficient (Wildman–Crippen LogP) is 1.65. The van der Waals surface area contributed by atoms with Crippen molar-refractivity contribution in [2.24, 2.45) is 0 Å². The first-order chi connectivity index (χ1) is 14.7. The second kappa shape index (κ2) is 9.49. The van der Waals surface area contributed by atoms with E-state index in [9.17, 15) is 9.59 Å². The first-order valence-corrected chi connectivity index (χ1v) is 10.2. The lowest BCUT2D eigenvalue weighted by Crippen LogP contribution is -2.42. The molecular weight excluding hydrogens is 382 g/mol. The summed E-state index contributed by atoms with van der Waals surface area (Å²) >= 11 is 0. The molecule has 0 saturated carbocycles. The van der Waals surface area contributed by atoms with Gasteiger partial charge >= 0.3 is 0 Å². The summed E-state index contributed by atoms with van der Waals surface area (Å²) in [7, 11) is 0. The zero-order valence-corrected chi connectivity index (χ0v) is 16.8. The molecule has 3 heterocycles. The van der Waals surface area contributed by atoms with E-state index in [0.29, 0.717) is 44.8 Å². The number of amides is 2. The average molecular weight is 407 g/mol. The monoisotopic (exact) mass is 407 g/mol. The van der Waals surface area contributed by atoms with Crippen molar-refractivity contribution in [1.82, 2.24) is 24.8 Å². The number of ether oxygens (including phenoxy) is 1. The van der Waals surface area contributed by atoms with Gasteiger partial charge in [-0.05, 0) is 30.7 Å². The minimum atomic E-state index is -0.117. The van der Waals surface area contributed by atoms with E-state index in [4.69, 9.17) is 9.72 Å². The first kappa shape index (κ1) is 20.0. The van der Waals surface area contributed by atoms with Gasteiger partial charge in [0.1, 0.15) is 12.4 Å². The van der Waals surface area contributed by atoms with Gasteiger partial charge in [-0.25, -0.2) is 4.98 Å². The number of fused-ring (bicyclic) bond motifs is 1. The Balaban J connectivity index is 1.41. The number of benzene rings is 1. The number of morpholine rings is 1. The number of para-hydroxylation sites is 2. The van der Waals surface area contributed by atoms with Gasteiger partial charge in [-0.1, -0.05) is 12.1 Å². The molecule has 0 aliphatic carbocycles. The SMILES string of the molecule is O=C(NCCCc1nc2ccccc2n1CC(=O)N1CCOCC1)c1ccncc1. The van der Waals surface area contributed by atoms with Crippen molar-refractivity contribution in [2.75, 3.05) is 32.8 Å². The molecule has 1 aliphatic heterocycles. The van der Waals surface area contributed by atoms with Crippen LogP contribution in [0.15, 0.2) is 48.8 Å². The van der Waals surface area contributed by atoms with Gasteiger partial charge in [0.05, 0.1) is 24.2 Å². The molecule has 0 bridgehead atoms. The molecule has 8 heteroatoms. The van der Waals surface area contributed by atoms with E-state index in [1.54, 1.807) is 24.5 Å². The summed E-state index contributed by atoms with van der Waals surface area (Å²) in [5, 5.41) is 2.92. The molecule has 1 fully saturated rings. The number of pyridine rings is 1. The average Bonchev–Trinajstić information content (AvgIpc) is 3.15. The van der Waals surface area contributed by atoms with Gasteiger partial charge in [-0.3, -0.25) is 14.6 Å². The third kappa shape index (κ3) is 4.65. The van der Waals surface area contributed by atoms with Gasteiger partial charge in [-0.2, -0.15) is 0 Å². The summed E-state index contributed by atoms with van der Waals surface area (Å²) in [5.74, 6) is 0.818. The quantitative estimate of drug-likeness (QED) is 0.602. The lowest BCUT2D eigenvalue weighted by Gasteiger charge is -2.27. The molecule has 156 valence electrons. The van der Waals surface area contributed by atoms with Crippen LogP contribution >= 0.6 is 0 Å². The number of carbonyl (C=O) groups is 2. The van der Waals surface area contributed by atoms with E-state index in [1.807, 2.05) is 33.7 Å². The Morgan fingerprint density at radius 3 is 2.63 bits per heavy atom. The van der Waals surface area contributed by atoms with Crippen LogP contribution in [0.3, 0.4) is 0 Å². The second-order valence-electron chi connectivity index (χ2n) is 7.19. The number of aromatic nitrogens is 3. The largest absolute Gasteiger partial charge is 0.378 e. The van der Waals surface area contributed by atoms with Crippen molar-refractivity contribution in [3.63, 3.8) is 0 Å². The van der Waals surface area contributed by atoms with Crippen LogP contribution in [0, 0.1) is 0 Å². The van der Waals surface area contributed by atoms with Crippen LogP contribution in [0.2, 0.25) is 0 Å². The van der Waals surface area contributed by atoms with E-state index in [2.05, 4.69) is 10.3 Å². The number of aryl methyl sites for hydroxylation is 1. The molecule has 4 rings (SSSR count). The fourth-order valence-electron chi connectivity index (χ4n) is 3.59. The molecule has 0 spiro atoms. The number of rotatable bonds is 7. The fourth-order valence-corrected chi connectivity index (χ4v) is 3.59. The topological polar surface area (TPSA) is 89.4 Å². The van der Waals surface area contributed by atoms with Crippen LogP contribution in [0.4, 0.5) is 0 Å². The van der Waals surface area contributed by atoms with Gasteiger partial charge in [0, 0.05) is 44.0 Å². The van der Waals surface area contributed by atoms with Gasteiger partial charge in [0.2, 0.25) is 5.91 Å². The fraction of sp³-hybridized carbons (Fsp3) is 0.364. The predicted molar refractivity (Wildman–Crippen MR) is 112 cm³/mol. The third-order valence-corrected chi connectivity index (χ3v) is 5.20. The van der Waals surface area contributed by atoms with Crippen LogP contribution in [-0.4, -0.2) is 64.1 Å². The zero-order chi connectivity index (χ0) is 20.8. The number of hydrogen-bond donors (Lipinski definition) is 1. The first-order valence-electron chi connectivity index (χ1n) is 10.2. The van der Waals surface area contributed by atoms with Crippen LogP contribution in [0.25, 0.3) is 11.0 Å². The molecule has 1 aliphatic rings. The summed E-state index contributed by atoms with van der Waals surface area (Å²) in [6.45, 7) is 3.21. The summed E-state index contributed by atoms with van der Waals surface area (Å²) in [6.07, 6.45) is 4.60. The van der Waals surface area contributed by atoms with E-state index < -0.39 is 0 Å². The minimum absolute atomic E-state index is 0.0775. The van der Waals surface area contributed by atoms with Crippen LogP contribution < -0.4 is 5.32 Å². The highest BCUT2D eigenvalue weighted by molar-refractivity contribution is 5.93. The summed E-state index contributed by atoms with van der Waals surface area (Å²) in [6, 6.07) is 11.2. The van der Waals surface area contributed by atoms with E-state index in [-0.39, 0.29) is 18.4 Å². The lowest BCUT2D eigenvalue weighted by atomic mass is 10.2. The van der Waals surface area contributed by atoms with Crippen LogP contribution in [0.1, 0.15) is 22.6 Å². The van der Waals surface area contributed by atoms with E-state index in [0.717, 1.165) is 23.3 Å². The number of nitrogens with one attached hydrogen (secondary N) is 1. The van der Waals surface area contributed by atoms with E-state index >= 15 is 0 Å². The summed E-state index contributed by atoms with van der Waals surface area (Å²) in [4.78, 5) is 35.5. The molecule has 0 atom stereocenters. The molecular formula is C22H25N5O3. The van der Waals surface area contributed by atoms with Crippen molar-refractivity contribution in [1.29, 1.82) is 0 Å². The second-order valence-corrected chi connectivity index (χ2v) is 7.19. The van der Waals surface area contributed by atoms with Crippen molar-refractivity contribution < 1.29 is 14.3 Å². The standard InChI is InChI=1S/C22H25N5O3/c28-21(26-12-14-30-15-13-26)16-27-19-5-2-1-4-18(19)25-20(27)6-3-9-24-22(29)17-7-10-23-11-8-17/h1-2,4-5,7-8,10-11H,3,6,9,12-16H2,(H,24,29). The third-order valence-electron chi connectivity index (χ3n) is 5.20. The maximum Gasteiger partial charge on any atom is 0.251 e. The number of imidazole rings is 1. The maximum atomic E-state index is 12.8. The Morgan fingerprint density at radius 2 is 1.83 bits per heavy atom. The van der Waals surface area contributed by atoms with Crippen molar-refractivity contribution in [2.45, 2.75) is 19.4 Å². The highest BCUT2D eigenvalue weighted by atomic mass is 16.5. The Labute approximate surface area is 174 Å². The maximum absolute atomic E-state index is 12.8. The van der Waals surface area contributed by atoms with Gasteiger partial charge in [0.15, 0.2) is 0 Å². The minimum Gasteiger partial charge on any atom is -0.378 e. The van der Waals surface area contributed by atoms with Crippen molar-refractivity contribution in [3.8, 4) is 0 Å². The normalized spacial score (nSPS) is 14.1. The summed E-state index contributed by atoms with van der Waals surface area (Å²) in [5.41, 5.74) is 2.42. The molecule has 0 unspecified atom stereocenters. The Morgan fingerprint density at radius 1 is 1.07 bits per heavy atom. The molecule has 1 N–H and O–H groups in total. The van der Waals surface area contributed by atoms with Crippen molar-refractivity contribution in [3.05, 3.63) is 60.2 Å². The Kier molecular flexibility index (Phi) is 6.34. The van der Waals surface area contributed by atoms with Crippen molar-refractivity contribution >= 4 is 22.8 Å². The highest BCUT2D eigenvalue weighted by Crippen LogP contribution is 2.18. The molecule has 1 saturated heterocycles. The smallest absolute Gasteiger partial charge is 0.251 e. The lowest BCUT2D eigenvalue weighted by molar-refractivity contribution is -0.135. The summed E-state index contributed by atoms with van der Waals surface area (Å²) < 4.78 is 7.34. The van der Waals surface area contributed by atoms with Crippen LogP contribution in [-0.2, 0) is 22.5 Å². The Hall–Kier alpha value is -3.26. The van der Waals surface area contributed by atoms with Gasteiger partial charge in [-0.15, -0.1) is 0 Å². The zero-order valence-electron chi connectivity index (χ0n) is 16.8. The molecule has 2 amide bonds. The molecule has 8 nitrogen and oxygen atoms in total. The molecule has 0 radical (unpaired) electrons. The molecule has 30 heavy (non-hydrogen) atoms.